The smallest absolute Gasteiger partial charge is 0.0647 e. The van der Waals surface area contributed by atoms with E-state index in [-0.39, 0.29) is 12.6 Å². The van der Waals surface area contributed by atoms with E-state index < -0.39 is 0 Å². The SMILES string of the molecule is OCC1CNCCCN1c1ccc(Br)cc1. The van der Waals surface area contributed by atoms with Gasteiger partial charge in [-0.05, 0) is 37.2 Å². The van der Waals surface area contributed by atoms with E-state index in [0.29, 0.717) is 0 Å². The number of halogens is 1. The number of rotatable bonds is 2. The standard InChI is InChI=1S/C12H17BrN2O/c13-10-2-4-11(5-3-10)15-7-1-6-14-8-12(15)9-16/h2-5,12,14,16H,1,6-9H2. The van der Waals surface area contributed by atoms with Crippen molar-refractivity contribution in [2.75, 3.05) is 31.1 Å². The number of aliphatic hydroxyl groups is 1. The lowest BCUT2D eigenvalue weighted by Gasteiger charge is -2.30. The molecule has 0 bridgehead atoms. The van der Waals surface area contributed by atoms with Crippen LogP contribution in [-0.2, 0) is 0 Å². The van der Waals surface area contributed by atoms with Gasteiger partial charge in [-0.15, -0.1) is 0 Å². The molecular weight excluding hydrogens is 268 g/mol. The number of aliphatic hydroxyl groups excluding tert-OH is 1. The molecule has 1 aromatic carbocycles. The average Bonchev–Trinajstić information content (AvgIpc) is 2.55. The van der Waals surface area contributed by atoms with E-state index in [9.17, 15) is 5.11 Å². The number of nitrogens with one attached hydrogen (secondary N) is 1. The maximum atomic E-state index is 9.41. The van der Waals surface area contributed by atoms with Crippen LogP contribution in [0.5, 0.6) is 0 Å². The van der Waals surface area contributed by atoms with Gasteiger partial charge in [-0.25, -0.2) is 0 Å². The van der Waals surface area contributed by atoms with Crippen LogP contribution in [0, 0.1) is 0 Å². The van der Waals surface area contributed by atoms with Gasteiger partial charge < -0.3 is 15.3 Å². The molecule has 1 aliphatic rings. The van der Waals surface area contributed by atoms with E-state index in [4.69, 9.17) is 0 Å². The van der Waals surface area contributed by atoms with E-state index in [0.717, 1.165) is 30.5 Å². The Bertz CT molecular complexity index is 328. The van der Waals surface area contributed by atoms with Crippen LogP contribution in [-0.4, -0.2) is 37.4 Å². The maximum Gasteiger partial charge on any atom is 0.0647 e. The summed E-state index contributed by atoms with van der Waals surface area (Å²) in [5.74, 6) is 0. The minimum Gasteiger partial charge on any atom is -0.394 e. The highest BCUT2D eigenvalue weighted by molar-refractivity contribution is 9.10. The molecule has 1 aromatic rings. The largest absolute Gasteiger partial charge is 0.394 e. The van der Waals surface area contributed by atoms with Crippen LogP contribution >= 0.6 is 15.9 Å². The molecule has 0 spiro atoms. The average molecular weight is 285 g/mol. The van der Waals surface area contributed by atoms with E-state index in [2.05, 4.69) is 38.3 Å². The number of anilines is 1. The summed E-state index contributed by atoms with van der Waals surface area (Å²) >= 11 is 3.44. The number of hydrogen-bond donors (Lipinski definition) is 2. The zero-order chi connectivity index (χ0) is 11.4. The first-order valence-corrected chi connectivity index (χ1v) is 6.44. The molecular formula is C12H17BrN2O. The Morgan fingerprint density at radius 2 is 2.12 bits per heavy atom. The first-order chi connectivity index (χ1) is 7.81. The molecule has 1 atom stereocenters. The van der Waals surface area contributed by atoms with Crippen molar-refractivity contribution in [3.63, 3.8) is 0 Å². The molecule has 2 rings (SSSR count). The second-order valence-corrected chi connectivity index (χ2v) is 4.98. The summed E-state index contributed by atoms with van der Waals surface area (Å²) in [7, 11) is 0. The third-order valence-corrected chi connectivity index (χ3v) is 3.47. The molecule has 0 aliphatic carbocycles. The lowest BCUT2D eigenvalue weighted by atomic mass is 10.2. The third kappa shape index (κ3) is 2.75. The minimum absolute atomic E-state index is 0.184. The molecule has 0 aromatic heterocycles. The van der Waals surface area contributed by atoms with Gasteiger partial charge in [-0.3, -0.25) is 0 Å². The zero-order valence-electron chi connectivity index (χ0n) is 9.19. The minimum atomic E-state index is 0.184. The van der Waals surface area contributed by atoms with E-state index in [1.54, 1.807) is 0 Å². The Hall–Kier alpha value is -0.580. The Labute approximate surface area is 105 Å². The second-order valence-electron chi connectivity index (χ2n) is 4.06. The summed E-state index contributed by atoms with van der Waals surface area (Å²) in [6.45, 7) is 3.08. The zero-order valence-corrected chi connectivity index (χ0v) is 10.8. The van der Waals surface area contributed by atoms with Gasteiger partial charge in [0.2, 0.25) is 0 Å². The number of hydrogen-bond acceptors (Lipinski definition) is 3. The summed E-state index contributed by atoms with van der Waals surface area (Å²) in [6.07, 6.45) is 1.12. The molecule has 1 unspecified atom stereocenters. The highest BCUT2D eigenvalue weighted by atomic mass is 79.9. The predicted molar refractivity (Wildman–Crippen MR) is 69.8 cm³/mol. The Morgan fingerprint density at radius 1 is 1.38 bits per heavy atom. The molecule has 88 valence electrons. The van der Waals surface area contributed by atoms with Crippen molar-refractivity contribution in [1.82, 2.24) is 5.32 Å². The molecule has 3 nitrogen and oxygen atoms in total. The molecule has 1 heterocycles. The van der Waals surface area contributed by atoms with Crippen molar-refractivity contribution in [1.29, 1.82) is 0 Å². The van der Waals surface area contributed by atoms with Gasteiger partial charge >= 0.3 is 0 Å². The fraction of sp³-hybridized carbons (Fsp3) is 0.500. The van der Waals surface area contributed by atoms with Gasteiger partial charge in [0.1, 0.15) is 0 Å². The number of nitrogens with zero attached hydrogens (tertiary/aromatic N) is 1. The summed E-state index contributed by atoms with van der Waals surface area (Å²) < 4.78 is 1.09. The van der Waals surface area contributed by atoms with Gasteiger partial charge in [0, 0.05) is 23.2 Å². The summed E-state index contributed by atoms with van der Waals surface area (Å²) in [6, 6.07) is 8.46. The maximum absolute atomic E-state index is 9.41. The molecule has 0 amide bonds. The van der Waals surface area contributed by atoms with Crippen LogP contribution in [0.2, 0.25) is 0 Å². The van der Waals surface area contributed by atoms with Crippen molar-refractivity contribution >= 4 is 21.6 Å². The van der Waals surface area contributed by atoms with Crippen molar-refractivity contribution < 1.29 is 5.11 Å². The van der Waals surface area contributed by atoms with Crippen LogP contribution in [0.3, 0.4) is 0 Å². The molecule has 2 N–H and O–H groups in total. The van der Waals surface area contributed by atoms with Crippen molar-refractivity contribution in [2.24, 2.45) is 0 Å². The predicted octanol–water partition coefficient (Wildman–Crippen LogP) is 1.61. The third-order valence-electron chi connectivity index (χ3n) is 2.94. The molecule has 1 saturated heterocycles. The fourth-order valence-electron chi connectivity index (χ4n) is 2.07. The molecule has 0 radical (unpaired) electrons. The van der Waals surface area contributed by atoms with Crippen LogP contribution < -0.4 is 10.2 Å². The monoisotopic (exact) mass is 284 g/mol. The van der Waals surface area contributed by atoms with Crippen LogP contribution in [0.25, 0.3) is 0 Å². The van der Waals surface area contributed by atoms with Gasteiger partial charge in [-0.2, -0.15) is 0 Å². The molecule has 1 fully saturated rings. The number of benzene rings is 1. The summed E-state index contributed by atoms with van der Waals surface area (Å²) in [5, 5.41) is 12.8. The van der Waals surface area contributed by atoms with Gasteiger partial charge in [0.15, 0.2) is 0 Å². The Morgan fingerprint density at radius 3 is 2.81 bits per heavy atom. The normalized spacial score (nSPS) is 21.9. The topological polar surface area (TPSA) is 35.5 Å². The van der Waals surface area contributed by atoms with Crippen LogP contribution in [0.1, 0.15) is 6.42 Å². The highest BCUT2D eigenvalue weighted by Gasteiger charge is 2.19. The van der Waals surface area contributed by atoms with Crippen molar-refractivity contribution in [2.45, 2.75) is 12.5 Å². The second kappa shape index (κ2) is 5.66. The molecule has 0 saturated carbocycles. The lowest BCUT2D eigenvalue weighted by Crippen LogP contribution is -2.42. The lowest BCUT2D eigenvalue weighted by molar-refractivity contribution is 0.260. The fourth-order valence-corrected chi connectivity index (χ4v) is 2.34. The van der Waals surface area contributed by atoms with Gasteiger partial charge in [0.25, 0.3) is 0 Å². The molecule has 4 heteroatoms. The van der Waals surface area contributed by atoms with Crippen molar-refractivity contribution in [3.05, 3.63) is 28.7 Å². The first kappa shape index (κ1) is 11.9. The van der Waals surface area contributed by atoms with Gasteiger partial charge in [0.05, 0.1) is 12.6 Å². The van der Waals surface area contributed by atoms with E-state index >= 15 is 0 Å². The quantitative estimate of drug-likeness (QED) is 0.866. The summed E-state index contributed by atoms with van der Waals surface area (Å²) in [4.78, 5) is 2.28. The summed E-state index contributed by atoms with van der Waals surface area (Å²) in [5.41, 5.74) is 1.19. The van der Waals surface area contributed by atoms with E-state index in [1.165, 1.54) is 5.69 Å². The molecule has 1 aliphatic heterocycles. The van der Waals surface area contributed by atoms with Crippen molar-refractivity contribution in [3.8, 4) is 0 Å². The van der Waals surface area contributed by atoms with Gasteiger partial charge in [-0.1, -0.05) is 15.9 Å². The van der Waals surface area contributed by atoms with Crippen LogP contribution in [0.15, 0.2) is 28.7 Å². The first-order valence-electron chi connectivity index (χ1n) is 5.65. The van der Waals surface area contributed by atoms with Crippen LogP contribution in [0.4, 0.5) is 5.69 Å². The highest BCUT2D eigenvalue weighted by Crippen LogP contribution is 2.21. The Balaban J connectivity index is 2.18. The van der Waals surface area contributed by atoms with E-state index in [1.807, 2.05) is 12.1 Å². The Kier molecular flexibility index (Phi) is 4.21. The molecule has 16 heavy (non-hydrogen) atoms.